The first kappa shape index (κ1) is 33.4. The van der Waals surface area contributed by atoms with Crippen LogP contribution >= 0.6 is 0 Å². The maximum Gasteiger partial charge on any atom is 0.402 e. The summed E-state index contributed by atoms with van der Waals surface area (Å²) in [6.45, 7) is 2.89. The number of aromatic nitrogens is 3. The molecule has 250 valence electrons. The number of anilines is 1. The van der Waals surface area contributed by atoms with Gasteiger partial charge in [0, 0.05) is 24.2 Å². The van der Waals surface area contributed by atoms with Gasteiger partial charge in [0.15, 0.2) is 5.82 Å². The van der Waals surface area contributed by atoms with Gasteiger partial charge in [-0.2, -0.15) is 31.4 Å². The number of rotatable bonds is 6. The summed E-state index contributed by atoms with van der Waals surface area (Å²) in [5, 5.41) is 6.85. The molecule has 1 aromatic carbocycles. The summed E-state index contributed by atoms with van der Waals surface area (Å²) in [5.41, 5.74) is 6.37. The topological polar surface area (TPSA) is 109 Å². The molecule has 2 saturated heterocycles. The number of amides is 2. The molecular formula is C30H34F7N7O2. The predicted molar refractivity (Wildman–Crippen MR) is 154 cm³/mol. The second kappa shape index (κ2) is 12.0. The van der Waals surface area contributed by atoms with Gasteiger partial charge in [0.25, 0.3) is 5.91 Å². The van der Waals surface area contributed by atoms with E-state index >= 15 is 0 Å². The monoisotopic (exact) mass is 657 g/mol. The number of likely N-dealkylation sites (tertiary alicyclic amines) is 2. The Bertz CT molecular complexity index is 1630. The van der Waals surface area contributed by atoms with Gasteiger partial charge < -0.3 is 16.0 Å². The Hall–Kier alpha value is -3.95. The zero-order valence-electron chi connectivity index (χ0n) is 25.3. The first-order valence-corrected chi connectivity index (χ1v) is 14.7. The lowest BCUT2D eigenvalue weighted by Crippen LogP contribution is -2.49. The van der Waals surface area contributed by atoms with Crippen molar-refractivity contribution in [1.29, 1.82) is 0 Å². The maximum absolute atomic E-state index is 14.9. The lowest BCUT2D eigenvalue weighted by atomic mass is 9.91. The van der Waals surface area contributed by atoms with Crippen LogP contribution in [0.3, 0.4) is 0 Å². The van der Waals surface area contributed by atoms with E-state index in [1.807, 2.05) is 4.90 Å². The van der Waals surface area contributed by atoms with Crippen LogP contribution in [-0.2, 0) is 11.3 Å². The minimum atomic E-state index is -4.84. The van der Waals surface area contributed by atoms with Crippen molar-refractivity contribution < 1.29 is 40.3 Å². The first-order valence-electron chi connectivity index (χ1n) is 14.7. The third kappa shape index (κ3) is 6.35. The molecule has 3 N–H and O–H groups in total. The molecule has 0 bridgehead atoms. The van der Waals surface area contributed by atoms with E-state index in [2.05, 4.69) is 15.4 Å². The Labute approximate surface area is 259 Å². The van der Waals surface area contributed by atoms with Gasteiger partial charge in [-0.05, 0) is 70.0 Å². The molecule has 0 unspecified atom stereocenters. The molecule has 3 aromatic rings. The zero-order valence-corrected chi connectivity index (χ0v) is 25.3. The van der Waals surface area contributed by atoms with E-state index in [1.54, 1.807) is 31.2 Å². The van der Waals surface area contributed by atoms with Crippen molar-refractivity contribution in [3.05, 3.63) is 47.3 Å². The van der Waals surface area contributed by atoms with Gasteiger partial charge in [-0.25, -0.2) is 13.9 Å². The third-order valence-electron chi connectivity index (χ3n) is 8.98. The van der Waals surface area contributed by atoms with E-state index in [-0.39, 0.29) is 37.3 Å². The van der Waals surface area contributed by atoms with Crippen LogP contribution in [0.2, 0.25) is 0 Å². The zero-order chi connectivity index (χ0) is 33.8. The molecule has 2 atom stereocenters. The Morgan fingerprint density at radius 2 is 1.72 bits per heavy atom. The highest BCUT2D eigenvalue weighted by molar-refractivity contribution is 5.97. The number of fused-ring (bicyclic) bond motifs is 1. The molecule has 0 spiro atoms. The molecule has 5 rings (SSSR count). The van der Waals surface area contributed by atoms with Crippen LogP contribution in [0.25, 0.3) is 16.8 Å². The van der Waals surface area contributed by atoms with Crippen LogP contribution in [-0.4, -0.2) is 87.0 Å². The fourth-order valence-corrected chi connectivity index (χ4v) is 5.98. The fourth-order valence-electron chi connectivity index (χ4n) is 5.98. The smallest absolute Gasteiger partial charge is 0.382 e. The van der Waals surface area contributed by atoms with Gasteiger partial charge in [0.2, 0.25) is 5.91 Å². The van der Waals surface area contributed by atoms with Crippen molar-refractivity contribution >= 4 is 23.1 Å². The van der Waals surface area contributed by atoms with Crippen LogP contribution in [0.1, 0.15) is 48.2 Å². The number of hydrogen-bond acceptors (Lipinski definition) is 6. The summed E-state index contributed by atoms with van der Waals surface area (Å²) in [4.78, 5) is 32.7. The Kier molecular flexibility index (Phi) is 8.72. The molecule has 0 saturated carbocycles. The first-order chi connectivity index (χ1) is 21.4. The van der Waals surface area contributed by atoms with Crippen molar-refractivity contribution in [3.8, 4) is 11.3 Å². The second-order valence-electron chi connectivity index (χ2n) is 12.5. The predicted octanol–water partition coefficient (Wildman–Crippen LogP) is 4.93. The molecule has 2 amide bonds. The van der Waals surface area contributed by atoms with Crippen LogP contribution in [0.15, 0.2) is 30.6 Å². The van der Waals surface area contributed by atoms with Gasteiger partial charge in [0.05, 0.1) is 24.2 Å². The molecule has 4 heterocycles. The van der Waals surface area contributed by atoms with Gasteiger partial charge in [-0.1, -0.05) is 12.1 Å². The summed E-state index contributed by atoms with van der Waals surface area (Å²) < 4.78 is 96.2. The molecule has 9 nitrogen and oxygen atoms in total. The van der Waals surface area contributed by atoms with E-state index < -0.39 is 60.8 Å². The molecule has 16 heteroatoms. The van der Waals surface area contributed by atoms with E-state index in [0.717, 1.165) is 18.7 Å². The average Bonchev–Trinajstić information content (AvgIpc) is 3.52. The van der Waals surface area contributed by atoms with Gasteiger partial charge in [0.1, 0.15) is 23.4 Å². The van der Waals surface area contributed by atoms with Crippen LogP contribution < -0.4 is 11.1 Å². The second-order valence-corrected chi connectivity index (χ2v) is 12.5. The fraction of sp³-hybridized carbons (Fsp3) is 0.533. The SMILES string of the molecule is Cc1ccc(-c2cc(CN3CCC(C(F)(F)F)CC3)c3c(N)ncnn23)cc1C(=O)N[C@@H]1CN(C(=O)C(C)(C)C(F)(F)F)C[C@@H]1F. The molecule has 2 fully saturated rings. The third-order valence-corrected chi connectivity index (χ3v) is 8.98. The standard InChI is InChI=1S/C30H34F7N7O2/c1-16-4-5-17(10-20(16)26(45)41-22-14-43(13-21(22)31)27(46)28(2,3)30(35,36)37)23-11-18(24-25(38)39-15-40-44(23)24)12-42-8-6-19(7-9-42)29(32,33)34/h4-5,10-11,15,19,21-22H,6-9,12-14H2,1-3H3,(H,41,45)(H2,38,39,40)/t21-,22+/m0/s1. The highest BCUT2D eigenvalue weighted by Gasteiger charge is 2.56. The van der Waals surface area contributed by atoms with E-state index in [4.69, 9.17) is 5.73 Å². The van der Waals surface area contributed by atoms with Crippen molar-refractivity contribution in [2.45, 2.75) is 64.7 Å². The number of nitrogens with zero attached hydrogens (tertiary/aromatic N) is 5. The number of halogens is 7. The molecule has 46 heavy (non-hydrogen) atoms. The number of benzene rings is 1. The van der Waals surface area contributed by atoms with Gasteiger partial charge in [-0.3, -0.25) is 14.5 Å². The number of carbonyl (C=O) groups excluding carboxylic acids is 2. The van der Waals surface area contributed by atoms with Crippen molar-refractivity contribution in [3.63, 3.8) is 0 Å². The van der Waals surface area contributed by atoms with Crippen molar-refractivity contribution in [1.82, 2.24) is 29.7 Å². The molecule has 0 aliphatic carbocycles. The van der Waals surface area contributed by atoms with E-state index in [0.29, 0.717) is 34.4 Å². The lowest BCUT2D eigenvalue weighted by molar-refractivity contribution is -0.216. The number of nitrogens with two attached hydrogens (primary N) is 1. The summed E-state index contributed by atoms with van der Waals surface area (Å²) >= 11 is 0. The summed E-state index contributed by atoms with van der Waals surface area (Å²) in [6, 6.07) is 5.51. The number of carbonyl (C=O) groups is 2. The van der Waals surface area contributed by atoms with Crippen LogP contribution in [0.4, 0.5) is 36.6 Å². The lowest BCUT2D eigenvalue weighted by Gasteiger charge is -2.32. The van der Waals surface area contributed by atoms with Gasteiger partial charge in [-0.15, -0.1) is 0 Å². The Morgan fingerprint density at radius 3 is 2.35 bits per heavy atom. The average molecular weight is 658 g/mol. The molecular weight excluding hydrogens is 623 g/mol. The van der Waals surface area contributed by atoms with Crippen LogP contribution in [0.5, 0.6) is 0 Å². The summed E-state index contributed by atoms with van der Waals surface area (Å²) in [5.74, 6) is -3.14. The number of hydrogen-bond donors (Lipinski definition) is 2. The number of nitrogen functional groups attached to an aromatic ring is 1. The quantitative estimate of drug-likeness (QED) is 0.364. The van der Waals surface area contributed by atoms with E-state index in [1.165, 1.54) is 10.8 Å². The summed E-state index contributed by atoms with van der Waals surface area (Å²) in [7, 11) is 0. The normalized spacial score (nSPS) is 20.4. The maximum atomic E-state index is 14.9. The van der Waals surface area contributed by atoms with Gasteiger partial charge >= 0.3 is 12.4 Å². The number of nitrogens with one attached hydrogen (secondary N) is 1. The highest BCUT2D eigenvalue weighted by Crippen LogP contribution is 2.40. The van der Waals surface area contributed by atoms with Crippen LogP contribution in [0, 0.1) is 18.3 Å². The minimum absolute atomic E-state index is 0.0166. The number of alkyl halides is 7. The number of aryl methyl sites for hydroxylation is 1. The minimum Gasteiger partial charge on any atom is -0.382 e. The molecule has 0 radical (unpaired) electrons. The van der Waals surface area contributed by atoms with E-state index in [9.17, 15) is 40.3 Å². The molecule has 2 aliphatic heterocycles. The van der Waals surface area contributed by atoms with Crippen molar-refractivity contribution in [2.75, 3.05) is 31.9 Å². The number of piperidine rings is 1. The highest BCUT2D eigenvalue weighted by atomic mass is 19.4. The van der Waals surface area contributed by atoms with Crippen molar-refractivity contribution in [2.24, 2.45) is 11.3 Å². The summed E-state index contributed by atoms with van der Waals surface area (Å²) in [6.07, 6.45) is -9.63. The molecule has 2 aliphatic rings. The largest absolute Gasteiger partial charge is 0.402 e. The molecule has 2 aromatic heterocycles. The Morgan fingerprint density at radius 1 is 1.04 bits per heavy atom. The Balaban J connectivity index is 1.37.